The molecule has 0 bridgehead atoms. The molecule has 1 nitrogen and oxygen atoms in total. The molecule has 0 saturated carbocycles. The Hall–Kier alpha value is -1.37. The molecular formula is C15H19N. The van der Waals surface area contributed by atoms with Gasteiger partial charge in [0.25, 0.3) is 0 Å². The average molecular weight is 213 g/mol. The second-order valence-electron chi connectivity index (χ2n) is 4.33. The van der Waals surface area contributed by atoms with Crippen LogP contribution in [0.1, 0.15) is 38.3 Å². The van der Waals surface area contributed by atoms with Crippen LogP contribution < -0.4 is 0 Å². The number of nitrogens with zero attached hydrogens (tertiary/aromatic N) is 1. The number of unbranched alkanes of at least 4 members (excludes halogenated alkanes) is 3. The van der Waals surface area contributed by atoms with Gasteiger partial charge in [0.05, 0.1) is 0 Å². The molecule has 1 aromatic carbocycles. The molecule has 0 saturated heterocycles. The van der Waals surface area contributed by atoms with Crippen LogP contribution in [-0.4, -0.2) is 4.98 Å². The van der Waals surface area contributed by atoms with E-state index in [2.05, 4.69) is 42.2 Å². The smallest absolute Gasteiger partial charge is 0.0410 e. The summed E-state index contributed by atoms with van der Waals surface area (Å²) in [5.74, 6) is 0. The van der Waals surface area contributed by atoms with Gasteiger partial charge in [0.1, 0.15) is 0 Å². The Balaban J connectivity index is 2.02. The van der Waals surface area contributed by atoms with E-state index in [-0.39, 0.29) is 0 Å². The Morgan fingerprint density at radius 1 is 1.00 bits per heavy atom. The van der Waals surface area contributed by atoms with Crippen molar-refractivity contribution >= 4 is 10.8 Å². The zero-order valence-corrected chi connectivity index (χ0v) is 9.95. The highest BCUT2D eigenvalue weighted by Gasteiger charge is 1.97. The van der Waals surface area contributed by atoms with Crippen LogP contribution >= 0.6 is 0 Å². The van der Waals surface area contributed by atoms with Gasteiger partial charge < -0.3 is 0 Å². The zero-order chi connectivity index (χ0) is 11.2. The van der Waals surface area contributed by atoms with Crippen molar-refractivity contribution in [3.63, 3.8) is 0 Å². The maximum Gasteiger partial charge on any atom is 0.0410 e. The van der Waals surface area contributed by atoms with Gasteiger partial charge in [0.2, 0.25) is 0 Å². The minimum atomic E-state index is 1.12. The molecule has 0 amide bonds. The number of aryl methyl sites for hydroxylation is 1. The largest absolute Gasteiger partial charge is 0.261 e. The van der Waals surface area contributed by atoms with Crippen molar-refractivity contribution in [2.24, 2.45) is 0 Å². The van der Waals surface area contributed by atoms with E-state index in [1.807, 2.05) is 6.20 Å². The van der Waals surface area contributed by atoms with Crippen LogP contribution in [0.5, 0.6) is 0 Å². The SMILES string of the molecule is CCCCCCc1cc2ccccc2cn1. The Kier molecular flexibility index (Phi) is 3.92. The summed E-state index contributed by atoms with van der Waals surface area (Å²) in [4.78, 5) is 4.50. The van der Waals surface area contributed by atoms with Gasteiger partial charge in [-0.1, -0.05) is 50.5 Å². The van der Waals surface area contributed by atoms with Gasteiger partial charge in [-0.25, -0.2) is 0 Å². The minimum absolute atomic E-state index is 1.12. The summed E-state index contributed by atoms with van der Waals surface area (Å²) in [7, 11) is 0. The second-order valence-corrected chi connectivity index (χ2v) is 4.33. The molecule has 1 heterocycles. The average Bonchev–Trinajstić information content (AvgIpc) is 2.34. The van der Waals surface area contributed by atoms with Gasteiger partial charge in [-0.15, -0.1) is 0 Å². The lowest BCUT2D eigenvalue weighted by Gasteiger charge is -2.02. The fraction of sp³-hybridized carbons (Fsp3) is 0.400. The molecule has 84 valence electrons. The monoisotopic (exact) mass is 213 g/mol. The number of rotatable bonds is 5. The van der Waals surface area contributed by atoms with Crippen LogP contribution in [0.15, 0.2) is 36.5 Å². The summed E-state index contributed by atoms with van der Waals surface area (Å²) in [6.45, 7) is 2.24. The number of aromatic nitrogens is 1. The van der Waals surface area contributed by atoms with Crippen LogP contribution in [0.25, 0.3) is 10.8 Å². The van der Waals surface area contributed by atoms with Gasteiger partial charge in [-0.05, 0) is 24.3 Å². The van der Waals surface area contributed by atoms with Crippen molar-refractivity contribution < 1.29 is 0 Å². The fourth-order valence-electron chi connectivity index (χ4n) is 2.00. The first kappa shape index (κ1) is 11.1. The molecule has 0 fully saturated rings. The lowest BCUT2D eigenvalue weighted by Crippen LogP contribution is -1.90. The molecule has 0 aliphatic heterocycles. The summed E-state index contributed by atoms with van der Waals surface area (Å²) in [6, 6.07) is 10.6. The third-order valence-electron chi connectivity index (χ3n) is 2.97. The predicted molar refractivity (Wildman–Crippen MR) is 69.6 cm³/mol. The van der Waals surface area contributed by atoms with Crippen LogP contribution in [0.2, 0.25) is 0 Å². The standard InChI is InChI=1S/C15H19N/c1-2-3-4-5-10-15-11-13-8-6-7-9-14(13)12-16-15/h6-9,11-12H,2-5,10H2,1H3. The van der Waals surface area contributed by atoms with Crippen molar-refractivity contribution in [2.45, 2.75) is 39.0 Å². The maximum absolute atomic E-state index is 4.50. The second kappa shape index (κ2) is 5.64. The first-order valence-electron chi connectivity index (χ1n) is 6.24. The molecule has 16 heavy (non-hydrogen) atoms. The Morgan fingerprint density at radius 2 is 1.81 bits per heavy atom. The maximum atomic E-state index is 4.50. The molecule has 1 aromatic heterocycles. The summed E-state index contributed by atoms with van der Waals surface area (Å²) < 4.78 is 0. The van der Waals surface area contributed by atoms with Crippen LogP contribution in [0.4, 0.5) is 0 Å². The molecule has 0 spiro atoms. The van der Waals surface area contributed by atoms with Gasteiger partial charge in [0, 0.05) is 17.3 Å². The highest BCUT2D eigenvalue weighted by atomic mass is 14.7. The third-order valence-corrected chi connectivity index (χ3v) is 2.97. The predicted octanol–water partition coefficient (Wildman–Crippen LogP) is 4.36. The van der Waals surface area contributed by atoms with E-state index in [9.17, 15) is 0 Å². The number of hydrogen-bond acceptors (Lipinski definition) is 1. The van der Waals surface area contributed by atoms with Gasteiger partial charge in [0.15, 0.2) is 0 Å². The Bertz CT molecular complexity index is 448. The third kappa shape index (κ3) is 2.82. The first-order chi connectivity index (χ1) is 7.90. The number of fused-ring (bicyclic) bond motifs is 1. The van der Waals surface area contributed by atoms with Gasteiger partial charge in [-0.3, -0.25) is 4.98 Å². The minimum Gasteiger partial charge on any atom is -0.261 e. The fourth-order valence-corrected chi connectivity index (χ4v) is 2.00. The lowest BCUT2D eigenvalue weighted by atomic mass is 10.1. The summed E-state index contributed by atoms with van der Waals surface area (Å²) in [5.41, 5.74) is 1.23. The van der Waals surface area contributed by atoms with Crippen molar-refractivity contribution in [1.82, 2.24) is 4.98 Å². The number of benzene rings is 1. The highest BCUT2D eigenvalue weighted by molar-refractivity contribution is 5.81. The van der Waals surface area contributed by atoms with Gasteiger partial charge in [-0.2, -0.15) is 0 Å². The molecule has 0 atom stereocenters. The van der Waals surface area contributed by atoms with E-state index in [4.69, 9.17) is 0 Å². The van der Waals surface area contributed by atoms with E-state index in [1.54, 1.807) is 0 Å². The quantitative estimate of drug-likeness (QED) is 0.672. The van der Waals surface area contributed by atoms with Crippen LogP contribution in [0, 0.1) is 0 Å². The summed E-state index contributed by atoms with van der Waals surface area (Å²) in [6.07, 6.45) is 8.33. The van der Waals surface area contributed by atoms with Gasteiger partial charge >= 0.3 is 0 Å². The highest BCUT2D eigenvalue weighted by Crippen LogP contribution is 2.14. The molecule has 0 unspecified atom stereocenters. The summed E-state index contributed by atoms with van der Waals surface area (Å²) in [5, 5.41) is 2.54. The molecule has 0 aliphatic rings. The molecule has 0 N–H and O–H groups in total. The molecule has 0 radical (unpaired) electrons. The van der Waals surface area contributed by atoms with E-state index in [0.717, 1.165) is 6.42 Å². The molecule has 2 aromatic rings. The molecular weight excluding hydrogens is 194 g/mol. The van der Waals surface area contributed by atoms with E-state index >= 15 is 0 Å². The normalized spacial score (nSPS) is 10.8. The topological polar surface area (TPSA) is 12.9 Å². The Morgan fingerprint density at radius 3 is 2.62 bits per heavy atom. The van der Waals surface area contributed by atoms with Crippen LogP contribution in [0.3, 0.4) is 0 Å². The van der Waals surface area contributed by atoms with Crippen LogP contribution in [-0.2, 0) is 6.42 Å². The molecule has 0 aliphatic carbocycles. The van der Waals surface area contributed by atoms with E-state index in [0.29, 0.717) is 0 Å². The molecule has 2 rings (SSSR count). The summed E-state index contributed by atoms with van der Waals surface area (Å²) >= 11 is 0. The number of pyridine rings is 1. The lowest BCUT2D eigenvalue weighted by molar-refractivity contribution is 0.661. The van der Waals surface area contributed by atoms with Crippen molar-refractivity contribution in [3.05, 3.63) is 42.2 Å². The van der Waals surface area contributed by atoms with E-state index < -0.39 is 0 Å². The first-order valence-corrected chi connectivity index (χ1v) is 6.24. The Labute approximate surface area is 97.5 Å². The van der Waals surface area contributed by atoms with E-state index in [1.165, 1.54) is 42.1 Å². The van der Waals surface area contributed by atoms with Crippen molar-refractivity contribution in [2.75, 3.05) is 0 Å². The van der Waals surface area contributed by atoms with Crippen molar-refractivity contribution in [1.29, 1.82) is 0 Å². The zero-order valence-electron chi connectivity index (χ0n) is 9.95. The molecule has 1 heteroatoms. The van der Waals surface area contributed by atoms with Crippen molar-refractivity contribution in [3.8, 4) is 0 Å². The number of hydrogen-bond donors (Lipinski definition) is 0.